The van der Waals surface area contributed by atoms with E-state index in [1.165, 1.54) is 21.0 Å². The predicted octanol–water partition coefficient (Wildman–Crippen LogP) is 4.59. The van der Waals surface area contributed by atoms with E-state index in [4.69, 9.17) is 20.8 Å². The van der Waals surface area contributed by atoms with Crippen LogP contribution < -0.4 is 9.64 Å². The van der Waals surface area contributed by atoms with Gasteiger partial charge in [0.05, 0.1) is 19.4 Å². The van der Waals surface area contributed by atoms with E-state index in [0.717, 1.165) is 12.8 Å². The molecule has 1 aliphatic rings. The molecule has 9 heteroatoms. The average molecular weight is 510 g/mol. The summed E-state index contributed by atoms with van der Waals surface area (Å²) in [7, 11) is 0. The Morgan fingerprint density at radius 2 is 1.83 bits per heavy atom. The molecule has 1 fully saturated rings. The number of halogens is 1. The van der Waals surface area contributed by atoms with E-state index >= 15 is 0 Å². The van der Waals surface area contributed by atoms with Crippen LogP contribution >= 0.6 is 11.6 Å². The minimum absolute atomic E-state index is 0.0615. The fraction of sp³-hybridized carbons (Fsp3) is 0.296. The summed E-state index contributed by atoms with van der Waals surface area (Å²) in [6.45, 7) is 2.67. The van der Waals surface area contributed by atoms with Gasteiger partial charge in [0.2, 0.25) is 11.8 Å². The SMILES string of the molecule is CCCCOc1ccc(C(=O)N(CC(=O)N2CC(=O)N(c3ccc(Cl)cc3)C2)Cc2ccco2)cc1. The van der Waals surface area contributed by atoms with Gasteiger partial charge in [0.25, 0.3) is 5.91 Å². The molecule has 0 bridgehead atoms. The Bertz CT molecular complexity index is 1180. The van der Waals surface area contributed by atoms with Crippen molar-refractivity contribution < 1.29 is 23.5 Å². The van der Waals surface area contributed by atoms with Crippen LogP contribution in [-0.2, 0) is 16.1 Å². The Hall–Kier alpha value is -3.78. The van der Waals surface area contributed by atoms with Crippen molar-refractivity contribution in [1.82, 2.24) is 9.80 Å². The first-order chi connectivity index (χ1) is 17.4. The Morgan fingerprint density at radius 1 is 1.08 bits per heavy atom. The van der Waals surface area contributed by atoms with Crippen LogP contribution in [-0.4, -0.2) is 53.9 Å². The number of rotatable bonds is 10. The van der Waals surface area contributed by atoms with E-state index in [9.17, 15) is 14.4 Å². The summed E-state index contributed by atoms with van der Waals surface area (Å²) < 4.78 is 11.1. The molecule has 188 valence electrons. The van der Waals surface area contributed by atoms with Gasteiger partial charge in [-0.25, -0.2) is 0 Å². The first kappa shape index (κ1) is 25.3. The number of ether oxygens (including phenoxy) is 1. The lowest BCUT2D eigenvalue weighted by atomic mass is 10.2. The fourth-order valence-corrected chi connectivity index (χ4v) is 3.95. The molecular weight excluding hydrogens is 482 g/mol. The summed E-state index contributed by atoms with van der Waals surface area (Å²) in [5.41, 5.74) is 1.09. The van der Waals surface area contributed by atoms with Crippen LogP contribution in [0.4, 0.5) is 5.69 Å². The topological polar surface area (TPSA) is 83.3 Å². The van der Waals surface area contributed by atoms with Crippen LogP contribution in [0.25, 0.3) is 0 Å². The molecule has 0 radical (unpaired) electrons. The third-order valence-electron chi connectivity index (χ3n) is 5.84. The number of carbonyl (C=O) groups excluding carboxylic acids is 3. The number of hydrogen-bond donors (Lipinski definition) is 0. The molecule has 2 aromatic carbocycles. The molecule has 0 atom stereocenters. The Kier molecular flexibility index (Phi) is 8.28. The minimum Gasteiger partial charge on any atom is -0.494 e. The molecule has 3 aromatic rings. The zero-order valence-electron chi connectivity index (χ0n) is 20.1. The van der Waals surface area contributed by atoms with Gasteiger partial charge in [-0.15, -0.1) is 0 Å². The van der Waals surface area contributed by atoms with E-state index in [1.54, 1.807) is 60.7 Å². The molecule has 36 heavy (non-hydrogen) atoms. The van der Waals surface area contributed by atoms with Crippen LogP contribution in [0.2, 0.25) is 5.02 Å². The van der Waals surface area contributed by atoms with E-state index in [2.05, 4.69) is 6.92 Å². The maximum Gasteiger partial charge on any atom is 0.254 e. The normalized spacial score (nSPS) is 13.2. The molecule has 1 saturated heterocycles. The van der Waals surface area contributed by atoms with Crippen LogP contribution in [0, 0.1) is 0 Å². The van der Waals surface area contributed by atoms with Gasteiger partial charge in [0, 0.05) is 16.3 Å². The lowest BCUT2D eigenvalue weighted by Crippen LogP contribution is -2.42. The molecule has 3 amide bonds. The summed E-state index contributed by atoms with van der Waals surface area (Å²) in [5, 5.41) is 0.561. The number of hydrogen-bond acceptors (Lipinski definition) is 5. The van der Waals surface area contributed by atoms with Gasteiger partial charge in [-0.1, -0.05) is 24.9 Å². The molecule has 0 aliphatic carbocycles. The van der Waals surface area contributed by atoms with Gasteiger partial charge in [-0.05, 0) is 67.1 Å². The summed E-state index contributed by atoms with van der Waals surface area (Å²) >= 11 is 5.95. The van der Waals surface area contributed by atoms with Crippen molar-refractivity contribution in [2.24, 2.45) is 0 Å². The Labute approximate surface area is 215 Å². The largest absolute Gasteiger partial charge is 0.494 e. The Morgan fingerprint density at radius 3 is 2.50 bits per heavy atom. The van der Waals surface area contributed by atoms with E-state index in [0.29, 0.717) is 34.4 Å². The highest BCUT2D eigenvalue weighted by Gasteiger charge is 2.33. The highest BCUT2D eigenvalue weighted by atomic mass is 35.5. The molecule has 2 heterocycles. The number of amides is 3. The van der Waals surface area contributed by atoms with Crippen LogP contribution in [0.1, 0.15) is 35.9 Å². The van der Waals surface area contributed by atoms with E-state index in [1.807, 2.05) is 0 Å². The monoisotopic (exact) mass is 509 g/mol. The fourth-order valence-electron chi connectivity index (χ4n) is 3.83. The number of furan rings is 1. The number of nitrogens with zero attached hydrogens (tertiary/aromatic N) is 3. The maximum absolute atomic E-state index is 13.4. The van der Waals surface area contributed by atoms with Crippen molar-refractivity contribution >= 4 is 35.0 Å². The number of carbonyl (C=O) groups is 3. The number of anilines is 1. The molecule has 1 aliphatic heterocycles. The standard InChI is InChI=1S/C27H28ClN3O5/c1-2-3-14-35-23-12-6-20(7-13-23)27(34)29(16-24-5-4-15-36-24)17-25(32)30-18-26(33)31(19-30)22-10-8-21(28)9-11-22/h4-13,15H,2-3,14,16-19H2,1H3. The zero-order valence-corrected chi connectivity index (χ0v) is 20.8. The smallest absolute Gasteiger partial charge is 0.254 e. The molecule has 1 aromatic heterocycles. The van der Waals surface area contributed by atoms with Crippen molar-refractivity contribution in [2.75, 3.05) is 31.3 Å². The summed E-state index contributed by atoms with van der Waals surface area (Å²) in [4.78, 5) is 43.5. The third kappa shape index (κ3) is 6.26. The molecule has 0 spiro atoms. The highest BCUT2D eigenvalue weighted by molar-refractivity contribution is 6.30. The first-order valence-corrected chi connectivity index (χ1v) is 12.2. The summed E-state index contributed by atoms with van der Waals surface area (Å²) in [6, 6.07) is 17.2. The van der Waals surface area contributed by atoms with Crippen molar-refractivity contribution in [2.45, 2.75) is 26.3 Å². The maximum atomic E-state index is 13.4. The Balaban J connectivity index is 1.45. The van der Waals surface area contributed by atoms with Crippen molar-refractivity contribution in [1.29, 1.82) is 0 Å². The number of unbranched alkanes of at least 4 members (excludes halogenated alkanes) is 1. The van der Waals surface area contributed by atoms with Gasteiger partial charge in [0.15, 0.2) is 0 Å². The molecule has 4 rings (SSSR count). The number of benzene rings is 2. The quantitative estimate of drug-likeness (QED) is 0.373. The molecule has 8 nitrogen and oxygen atoms in total. The van der Waals surface area contributed by atoms with E-state index in [-0.39, 0.29) is 44.0 Å². The van der Waals surface area contributed by atoms with Crippen molar-refractivity contribution in [3.8, 4) is 5.75 Å². The molecule has 0 saturated carbocycles. The van der Waals surface area contributed by atoms with Crippen molar-refractivity contribution in [3.05, 3.63) is 83.3 Å². The molecule has 0 unspecified atom stereocenters. The first-order valence-electron chi connectivity index (χ1n) is 11.8. The highest BCUT2D eigenvalue weighted by Crippen LogP contribution is 2.22. The van der Waals surface area contributed by atoms with Crippen molar-refractivity contribution in [3.63, 3.8) is 0 Å². The minimum atomic E-state index is -0.334. The second kappa shape index (κ2) is 11.8. The van der Waals surface area contributed by atoms with Gasteiger partial charge < -0.3 is 19.0 Å². The van der Waals surface area contributed by atoms with Gasteiger partial charge in [0.1, 0.15) is 31.3 Å². The predicted molar refractivity (Wildman–Crippen MR) is 136 cm³/mol. The van der Waals surface area contributed by atoms with Crippen LogP contribution in [0.5, 0.6) is 5.75 Å². The lowest BCUT2D eigenvalue weighted by Gasteiger charge is -2.24. The zero-order chi connectivity index (χ0) is 25.5. The molecular formula is C27H28ClN3O5. The van der Waals surface area contributed by atoms with Gasteiger partial charge >= 0.3 is 0 Å². The van der Waals surface area contributed by atoms with Gasteiger partial charge in [-0.2, -0.15) is 0 Å². The van der Waals surface area contributed by atoms with Crippen LogP contribution in [0.3, 0.4) is 0 Å². The summed E-state index contributed by atoms with van der Waals surface area (Å²) in [6.07, 6.45) is 3.51. The van der Waals surface area contributed by atoms with Crippen LogP contribution in [0.15, 0.2) is 71.3 Å². The van der Waals surface area contributed by atoms with E-state index < -0.39 is 0 Å². The third-order valence-corrected chi connectivity index (χ3v) is 6.09. The molecule has 0 N–H and O–H groups in total. The second-order valence-electron chi connectivity index (χ2n) is 8.50. The second-order valence-corrected chi connectivity index (χ2v) is 8.93. The van der Waals surface area contributed by atoms with Gasteiger partial charge in [-0.3, -0.25) is 19.3 Å². The lowest BCUT2D eigenvalue weighted by molar-refractivity contribution is -0.132. The summed E-state index contributed by atoms with van der Waals surface area (Å²) in [5.74, 6) is 0.384. The average Bonchev–Trinajstić information content (AvgIpc) is 3.54.